The van der Waals surface area contributed by atoms with E-state index in [4.69, 9.17) is 5.11 Å². The third-order valence-electron chi connectivity index (χ3n) is 0.501. The first-order valence-electron chi connectivity index (χ1n) is 2.09. The molecule has 0 bridgehead atoms. The van der Waals surface area contributed by atoms with Crippen molar-refractivity contribution in [3.63, 3.8) is 0 Å². The minimum absolute atomic E-state index is 0.564. The van der Waals surface area contributed by atoms with E-state index >= 15 is 0 Å². The van der Waals surface area contributed by atoms with Crippen LogP contribution in [-0.4, -0.2) is 18.0 Å². The number of rotatable bonds is 3. The first-order chi connectivity index (χ1) is 3.31. The van der Waals surface area contributed by atoms with Crippen molar-refractivity contribution in [3.05, 3.63) is 0 Å². The number of hydrogen-bond donors (Lipinski definition) is 3. The van der Waals surface area contributed by atoms with Crippen molar-refractivity contribution in [2.45, 2.75) is 13.3 Å². The molecule has 44 valence electrons. The highest BCUT2D eigenvalue weighted by atomic mass is 127. The zero-order valence-electron chi connectivity index (χ0n) is 4.11. The third-order valence-corrected chi connectivity index (χ3v) is 1.09. The fourth-order valence-electron chi connectivity index (χ4n) is 0.232. The van der Waals surface area contributed by atoms with Crippen LogP contribution in [0.25, 0.3) is 0 Å². The molecule has 1 unspecified atom stereocenters. The van der Waals surface area contributed by atoms with Crippen molar-refractivity contribution >= 4 is 22.9 Å². The molecule has 0 aromatic carbocycles. The largest absolute Gasteiger partial charge is 0.365 e. The molecule has 0 heterocycles. The molecule has 0 aliphatic carbocycles. The van der Waals surface area contributed by atoms with Crippen LogP contribution in [0.15, 0.2) is 0 Å². The number of nitrogens with one attached hydrogen (secondary N) is 2. The lowest BCUT2D eigenvalue weighted by molar-refractivity contribution is 0.137. The van der Waals surface area contributed by atoms with E-state index in [1.807, 2.05) is 29.8 Å². The second-order valence-corrected chi connectivity index (χ2v) is 1.69. The van der Waals surface area contributed by atoms with Gasteiger partial charge in [0.05, 0.1) is 0 Å². The molecule has 7 heavy (non-hydrogen) atoms. The summed E-state index contributed by atoms with van der Waals surface area (Å²) in [6.07, 6.45) is -0.564. The normalized spacial score (nSPS) is 14.1. The minimum atomic E-state index is -0.564. The first kappa shape index (κ1) is 7.61. The topological polar surface area (TPSA) is 44.3 Å². The molecule has 0 fully saturated rings. The Kier molecular flexibility index (Phi) is 5.18. The van der Waals surface area contributed by atoms with Gasteiger partial charge in [0.1, 0.15) is 0 Å². The SMILES string of the molecule is CCNC(O)NI. The van der Waals surface area contributed by atoms with Gasteiger partial charge in [-0.15, -0.1) is 0 Å². The van der Waals surface area contributed by atoms with Gasteiger partial charge in [0.15, 0.2) is 6.35 Å². The smallest absolute Gasteiger partial charge is 0.168 e. The predicted octanol–water partition coefficient (Wildman–Crippen LogP) is -0.189. The molecule has 3 N–H and O–H groups in total. The predicted molar refractivity (Wildman–Crippen MR) is 36.8 cm³/mol. The minimum Gasteiger partial charge on any atom is -0.365 e. The standard InChI is InChI=1S/C3H9IN2O/c1-2-5-3(7)6-4/h3,5-7H,2H2,1H3. The summed E-state index contributed by atoms with van der Waals surface area (Å²) in [5.41, 5.74) is 0. The summed E-state index contributed by atoms with van der Waals surface area (Å²) in [6, 6.07) is 0. The Morgan fingerprint density at radius 3 is 2.57 bits per heavy atom. The molecule has 0 aliphatic heterocycles. The Labute approximate surface area is 57.0 Å². The van der Waals surface area contributed by atoms with Crippen LogP contribution in [0.2, 0.25) is 0 Å². The highest BCUT2D eigenvalue weighted by molar-refractivity contribution is 14.1. The summed E-state index contributed by atoms with van der Waals surface area (Å²) in [4.78, 5) is 0. The number of aliphatic hydroxyl groups excluding tert-OH is 1. The van der Waals surface area contributed by atoms with E-state index in [1.54, 1.807) is 0 Å². The molecule has 0 aromatic rings. The Morgan fingerprint density at radius 2 is 2.43 bits per heavy atom. The van der Waals surface area contributed by atoms with Gasteiger partial charge in [-0.1, -0.05) is 6.92 Å². The van der Waals surface area contributed by atoms with Gasteiger partial charge in [-0.2, -0.15) is 0 Å². The summed E-state index contributed by atoms with van der Waals surface area (Å²) in [7, 11) is 0. The number of hydrogen-bond acceptors (Lipinski definition) is 3. The van der Waals surface area contributed by atoms with Crippen LogP contribution in [0, 0.1) is 0 Å². The van der Waals surface area contributed by atoms with Crippen LogP contribution in [0.4, 0.5) is 0 Å². The van der Waals surface area contributed by atoms with E-state index in [0.29, 0.717) is 0 Å². The van der Waals surface area contributed by atoms with E-state index in [-0.39, 0.29) is 0 Å². The molecule has 0 amide bonds. The average Bonchev–Trinajstić information content (AvgIpc) is 1.68. The van der Waals surface area contributed by atoms with Crippen LogP contribution in [0.5, 0.6) is 0 Å². The lowest BCUT2D eigenvalue weighted by atomic mass is 10.7. The summed E-state index contributed by atoms with van der Waals surface area (Å²) in [6.45, 7) is 2.70. The van der Waals surface area contributed by atoms with Gasteiger partial charge < -0.3 is 5.11 Å². The average molecular weight is 216 g/mol. The van der Waals surface area contributed by atoms with Crippen molar-refractivity contribution in [2.24, 2.45) is 0 Å². The monoisotopic (exact) mass is 216 g/mol. The van der Waals surface area contributed by atoms with Gasteiger partial charge in [0, 0.05) is 22.9 Å². The quantitative estimate of drug-likeness (QED) is 0.348. The number of halogens is 1. The first-order valence-corrected chi connectivity index (χ1v) is 3.16. The molecular weight excluding hydrogens is 207 g/mol. The highest BCUT2D eigenvalue weighted by Crippen LogP contribution is 1.72. The molecule has 0 radical (unpaired) electrons. The van der Waals surface area contributed by atoms with E-state index in [2.05, 4.69) is 8.85 Å². The molecule has 1 atom stereocenters. The summed E-state index contributed by atoms with van der Waals surface area (Å²) in [5.74, 6) is 0. The summed E-state index contributed by atoms with van der Waals surface area (Å²) >= 11 is 1.87. The van der Waals surface area contributed by atoms with E-state index < -0.39 is 6.35 Å². The van der Waals surface area contributed by atoms with Crippen LogP contribution in [-0.2, 0) is 0 Å². The molecular formula is C3H9IN2O. The Morgan fingerprint density at radius 1 is 1.86 bits per heavy atom. The van der Waals surface area contributed by atoms with E-state index in [0.717, 1.165) is 6.54 Å². The Bertz CT molecular complexity index is 43.9. The molecule has 0 aliphatic rings. The second-order valence-electron chi connectivity index (χ2n) is 1.07. The molecule has 3 nitrogen and oxygen atoms in total. The van der Waals surface area contributed by atoms with E-state index in [1.165, 1.54) is 0 Å². The van der Waals surface area contributed by atoms with Gasteiger partial charge >= 0.3 is 0 Å². The van der Waals surface area contributed by atoms with Crippen LogP contribution >= 0.6 is 22.9 Å². The zero-order chi connectivity index (χ0) is 5.70. The Hall–Kier alpha value is 0.610. The summed E-state index contributed by atoms with van der Waals surface area (Å²) in [5, 5.41) is 11.4. The second kappa shape index (κ2) is 4.76. The van der Waals surface area contributed by atoms with Gasteiger partial charge in [0.2, 0.25) is 0 Å². The fraction of sp³-hybridized carbons (Fsp3) is 1.00. The molecule has 0 saturated carbocycles. The zero-order valence-corrected chi connectivity index (χ0v) is 6.27. The maximum Gasteiger partial charge on any atom is 0.168 e. The van der Waals surface area contributed by atoms with Crippen LogP contribution < -0.4 is 8.85 Å². The highest BCUT2D eigenvalue weighted by Gasteiger charge is 1.91. The summed E-state index contributed by atoms with van der Waals surface area (Å²) < 4.78 is 2.58. The van der Waals surface area contributed by atoms with Crippen molar-refractivity contribution in [1.29, 1.82) is 0 Å². The van der Waals surface area contributed by atoms with Gasteiger partial charge in [-0.3, -0.25) is 5.32 Å². The lowest BCUT2D eigenvalue weighted by Crippen LogP contribution is -2.36. The molecule has 0 saturated heterocycles. The molecule has 4 heteroatoms. The maximum atomic E-state index is 8.63. The Balaban J connectivity index is 2.83. The van der Waals surface area contributed by atoms with E-state index in [9.17, 15) is 0 Å². The fourth-order valence-corrected chi connectivity index (χ4v) is 0.452. The van der Waals surface area contributed by atoms with Crippen molar-refractivity contribution in [2.75, 3.05) is 6.54 Å². The van der Waals surface area contributed by atoms with Gasteiger partial charge in [-0.25, -0.2) is 3.53 Å². The molecule has 0 aromatic heterocycles. The van der Waals surface area contributed by atoms with Crippen molar-refractivity contribution in [3.8, 4) is 0 Å². The van der Waals surface area contributed by atoms with Crippen LogP contribution in [0.1, 0.15) is 6.92 Å². The van der Waals surface area contributed by atoms with Gasteiger partial charge in [-0.05, 0) is 6.54 Å². The van der Waals surface area contributed by atoms with Crippen molar-refractivity contribution in [1.82, 2.24) is 8.85 Å². The molecule has 0 rings (SSSR count). The lowest BCUT2D eigenvalue weighted by Gasteiger charge is -2.05. The van der Waals surface area contributed by atoms with Crippen molar-refractivity contribution < 1.29 is 5.11 Å². The maximum absolute atomic E-state index is 8.63. The number of aliphatic hydroxyl groups is 1. The van der Waals surface area contributed by atoms with Gasteiger partial charge in [0.25, 0.3) is 0 Å². The van der Waals surface area contributed by atoms with Crippen LogP contribution in [0.3, 0.4) is 0 Å². The molecule has 0 spiro atoms. The third kappa shape index (κ3) is 4.46.